The molecule has 3 rings (SSSR count). The smallest absolute Gasteiger partial charge is 0.327 e. The molecule has 0 bridgehead atoms. The Labute approximate surface area is 148 Å². The molecule has 24 heavy (non-hydrogen) atoms. The molecule has 1 aromatic rings. The van der Waals surface area contributed by atoms with Crippen molar-refractivity contribution in [1.29, 1.82) is 0 Å². The lowest BCUT2D eigenvalue weighted by atomic mass is 10.0. The summed E-state index contributed by atoms with van der Waals surface area (Å²) in [4.78, 5) is 25.7. The standard InChI is InChI=1S/C16H15NO5S2/c1-8(2)13(15(19)20)17-14(18)12(24-16(17)23)6-9-3-4-10-11(5-9)22-7-21-10/h3-6,8,13H,7H2,1-2H3,(H,19,20). The average molecular weight is 365 g/mol. The molecule has 0 saturated carbocycles. The fourth-order valence-corrected chi connectivity index (χ4v) is 3.90. The molecule has 1 aromatic carbocycles. The second kappa shape index (κ2) is 6.45. The number of carboxylic acids is 1. The van der Waals surface area contributed by atoms with Crippen LogP contribution >= 0.6 is 24.0 Å². The van der Waals surface area contributed by atoms with Crippen LogP contribution in [0.4, 0.5) is 0 Å². The van der Waals surface area contributed by atoms with Crippen molar-refractivity contribution in [1.82, 2.24) is 4.90 Å². The van der Waals surface area contributed by atoms with Gasteiger partial charge in [0.2, 0.25) is 6.79 Å². The molecule has 1 unspecified atom stereocenters. The van der Waals surface area contributed by atoms with Crippen LogP contribution in [0.2, 0.25) is 0 Å². The number of ether oxygens (including phenoxy) is 2. The molecule has 1 amide bonds. The molecule has 6 nitrogen and oxygen atoms in total. The van der Waals surface area contributed by atoms with Crippen LogP contribution in [0.1, 0.15) is 19.4 Å². The number of rotatable bonds is 4. The maximum atomic E-state index is 12.6. The summed E-state index contributed by atoms with van der Waals surface area (Å²) in [5.74, 6) is -0.431. The van der Waals surface area contributed by atoms with Gasteiger partial charge in [0.05, 0.1) is 4.91 Å². The van der Waals surface area contributed by atoms with E-state index in [4.69, 9.17) is 21.7 Å². The minimum absolute atomic E-state index is 0.176. The topological polar surface area (TPSA) is 76.1 Å². The van der Waals surface area contributed by atoms with Gasteiger partial charge in [0.15, 0.2) is 11.5 Å². The molecule has 0 aliphatic carbocycles. The molecule has 8 heteroatoms. The van der Waals surface area contributed by atoms with E-state index in [0.717, 1.165) is 17.3 Å². The van der Waals surface area contributed by atoms with E-state index in [1.165, 1.54) is 4.90 Å². The Balaban J connectivity index is 1.89. The molecular formula is C16H15NO5S2. The highest BCUT2D eigenvalue weighted by Crippen LogP contribution is 2.37. The Hall–Kier alpha value is -2.06. The van der Waals surface area contributed by atoms with Crippen molar-refractivity contribution >= 4 is 46.3 Å². The Morgan fingerprint density at radius 1 is 1.38 bits per heavy atom. The molecule has 0 spiro atoms. The van der Waals surface area contributed by atoms with Crippen molar-refractivity contribution in [2.45, 2.75) is 19.9 Å². The molecule has 1 N–H and O–H groups in total. The van der Waals surface area contributed by atoms with Crippen LogP contribution in [0.25, 0.3) is 6.08 Å². The third kappa shape index (κ3) is 2.99. The van der Waals surface area contributed by atoms with Crippen molar-refractivity contribution in [3.05, 3.63) is 28.7 Å². The maximum Gasteiger partial charge on any atom is 0.327 e. The van der Waals surface area contributed by atoms with Gasteiger partial charge in [0.25, 0.3) is 5.91 Å². The largest absolute Gasteiger partial charge is 0.480 e. The van der Waals surface area contributed by atoms with Crippen LogP contribution in [0.3, 0.4) is 0 Å². The first kappa shape index (κ1) is 16.8. The fourth-order valence-electron chi connectivity index (χ4n) is 2.57. The predicted molar refractivity (Wildman–Crippen MR) is 93.8 cm³/mol. The lowest BCUT2D eigenvalue weighted by molar-refractivity contribution is -0.146. The van der Waals surface area contributed by atoms with Gasteiger partial charge in [-0.3, -0.25) is 9.69 Å². The number of thiocarbonyl (C=S) groups is 1. The lowest BCUT2D eigenvalue weighted by Gasteiger charge is -2.26. The van der Waals surface area contributed by atoms with E-state index < -0.39 is 12.0 Å². The summed E-state index contributed by atoms with van der Waals surface area (Å²) >= 11 is 6.33. The molecule has 1 fully saturated rings. The van der Waals surface area contributed by atoms with E-state index in [1.807, 2.05) is 0 Å². The molecule has 2 aliphatic heterocycles. The number of amides is 1. The number of hydrogen-bond acceptors (Lipinski definition) is 6. The zero-order chi connectivity index (χ0) is 17.4. The molecule has 1 saturated heterocycles. The number of carbonyl (C=O) groups is 2. The SMILES string of the molecule is CC(C)C(C(=O)O)N1C(=O)C(=Cc2ccc3c(c2)OCO3)SC1=S. The number of carboxylic acid groups (broad SMARTS) is 1. The first-order chi connectivity index (χ1) is 11.4. The molecule has 2 heterocycles. The zero-order valence-corrected chi connectivity index (χ0v) is 14.6. The van der Waals surface area contributed by atoms with E-state index in [1.54, 1.807) is 38.1 Å². The molecule has 0 radical (unpaired) electrons. The minimum Gasteiger partial charge on any atom is -0.480 e. The van der Waals surface area contributed by atoms with Crippen LogP contribution in [0, 0.1) is 5.92 Å². The predicted octanol–water partition coefficient (Wildman–Crippen LogP) is 2.73. The Bertz CT molecular complexity index is 759. The normalized spacial score (nSPS) is 19.5. The number of thioether (sulfide) groups is 1. The summed E-state index contributed by atoms with van der Waals surface area (Å²) in [6.45, 7) is 3.67. The van der Waals surface area contributed by atoms with Crippen molar-refractivity contribution in [2.24, 2.45) is 5.92 Å². The van der Waals surface area contributed by atoms with Crippen LogP contribution in [-0.4, -0.2) is 39.0 Å². The fraction of sp³-hybridized carbons (Fsp3) is 0.312. The highest BCUT2D eigenvalue weighted by molar-refractivity contribution is 8.26. The van der Waals surface area contributed by atoms with Gasteiger partial charge in [-0.25, -0.2) is 4.79 Å². The second-order valence-electron chi connectivity index (χ2n) is 5.69. The molecular weight excluding hydrogens is 350 g/mol. The van der Waals surface area contributed by atoms with Gasteiger partial charge in [-0.05, 0) is 29.7 Å². The van der Waals surface area contributed by atoms with Crippen molar-refractivity contribution in [2.75, 3.05) is 6.79 Å². The molecule has 1 atom stereocenters. The van der Waals surface area contributed by atoms with E-state index in [0.29, 0.717) is 16.4 Å². The average Bonchev–Trinajstić information content (AvgIpc) is 3.06. The van der Waals surface area contributed by atoms with Gasteiger partial charge in [0, 0.05) is 0 Å². The molecule has 0 aromatic heterocycles. The summed E-state index contributed by atoms with van der Waals surface area (Å²) in [6, 6.07) is 4.37. The second-order valence-corrected chi connectivity index (χ2v) is 7.37. The van der Waals surface area contributed by atoms with Gasteiger partial charge in [0.1, 0.15) is 10.4 Å². The van der Waals surface area contributed by atoms with E-state index in [9.17, 15) is 14.7 Å². The van der Waals surface area contributed by atoms with Gasteiger partial charge in [-0.1, -0.05) is 43.9 Å². The Morgan fingerprint density at radius 3 is 2.75 bits per heavy atom. The zero-order valence-electron chi connectivity index (χ0n) is 13.0. The van der Waals surface area contributed by atoms with Crippen LogP contribution in [0.5, 0.6) is 11.5 Å². The van der Waals surface area contributed by atoms with Crippen LogP contribution < -0.4 is 9.47 Å². The van der Waals surface area contributed by atoms with E-state index in [2.05, 4.69) is 0 Å². The summed E-state index contributed by atoms with van der Waals surface area (Å²) in [5, 5.41) is 9.41. The van der Waals surface area contributed by atoms with Crippen LogP contribution in [-0.2, 0) is 9.59 Å². The summed E-state index contributed by atoms with van der Waals surface area (Å²) < 4.78 is 10.8. The lowest BCUT2D eigenvalue weighted by Crippen LogP contribution is -2.47. The van der Waals surface area contributed by atoms with Crippen molar-refractivity contribution < 1.29 is 24.2 Å². The first-order valence-electron chi connectivity index (χ1n) is 7.28. The van der Waals surface area contributed by atoms with Crippen molar-refractivity contribution in [3.8, 4) is 11.5 Å². The number of nitrogens with zero attached hydrogens (tertiary/aromatic N) is 1. The summed E-state index contributed by atoms with van der Waals surface area (Å²) in [5.41, 5.74) is 0.760. The van der Waals surface area contributed by atoms with Gasteiger partial charge in [-0.2, -0.15) is 0 Å². The minimum atomic E-state index is -1.06. The Kier molecular flexibility index (Phi) is 4.51. The van der Waals surface area contributed by atoms with E-state index in [-0.39, 0.29) is 22.9 Å². The number of fused-ring (bicyclic) bond motifs is 1. The summed E-state index contributed by atoms with van der Waals surface area (Å²) in [6.07, 6.45) is 1.68. The van der Waals surface area contributed by atoms with Gasteiger partial charge in [-0.15, -0.1) is 0 Å². The van der Waals surface area contributed by atoms with Gasteiger partial charge < -0.3 is 14.6 Å². The van der Waals surface area contributed by atoms with Crippen molar-refractivity contribution in [3.63, 3.8) is 0 Å². The van der Waals surface area contributed by atoms with Crippen LogP contribution in [0.15, 0.2) is 23.1 Å². The third-order valence-corrected chi connectivity index (χ3v) is 5.01. The maximum absolute atomic E-state index is 12.6. The number of aliphatic carboxylic acids is 1. The highest BCUT2D eigenvalue weighted by Gasteiger charge is 2.41. The third-order valence-electron chi connectivity index (χ3n) is 3.68. The summed E-state index contributed by atoms with van der Waals surface area (Å²) in [7, 11) is 0. The van der Waals surface area contributed by atoms with Gasteiger partial charge >= 0.3 is 5.97 Å². The molecule has 2 aliphatic rings. The number of benzene rings is 1. The first-order valence-corrected chi connectivity index (χ1v) is 8.50. The quantitative estimate of drug-likeness (QED) is 0.649. The highest BCUT2D eigenvalue weighted by atomic mass is 32.2. The van der Waals surface area contributed by atoms with E-state index >= 15 is 0 Å². The number of hydrogen-bond donors (Lipinski definition) is 1. The number of carbonyl (C=O) groups excluding carboxylic acids is 1. The Morgan fingerprint density at radius 2 is 2.08 bits per heavy atom. The molecule has 126 valence electrons. The monoisotopic (exact) mass is 365 g/mol.